The third-order valence-corrected chi connectivity index (χ3v) is 2.55. The lowest BCUT2D eigenvalue weighted by atomic mass is 10.1. The Hall–Kier alpha value is -0.870. The second kappa shape index (κ2) is 3.12. The van der Waals surface area contributed by atoms with Crippen LogP contribution in [0.4, 0.5) is 4.39 Å². The van der Waals surface area contributed by atoms with Gasteiger partial charge in [-0.25, -0.2) is 4.39 Å². The summed E-state index contributed by atoms with van der Waals surface area (Å²) in [5.74, 6) is -0.461. The van der Waals surface area contributed by atoms with Crippen LogP contribution in [0.1, 0.15) is 5.56 Å². The highest BCUT2D eigenvalue weighted by molar-refractivity contribution is 9.10. The molecule has 0 saturated heterocycles. The van der Waals surface area contributed by atoms with Gasteiger partial charge in [-0.15, -0.1) is 0 Å². The standard InChI is InChI=1S/C9H6BrFO2/c10-7-3-8(11)6(4-12)9-5(7)1-2-13-9/h1-3,12H,4H2. The van der Waals surface area contributed by atoms with Crippen molar-refractivity contribution < 1.29 is 13.9 Å². The molecule has 0 aliphatic carbocycles. The quantitative estimate of drug-likeness (QED) is 0.837. The zero-order valence-electron chi connectivity index (χ0n) is 6.55. The molecule has 1 heterocycles. The highest BCUT2D eigenvalue weighted by Crippen LogP contribution is 2.30. The van der Waals surface area contributed by atoms with E-state index < -0.39 is 5.82 Å². The summed E-state index contributed by atoms with van der Waals surface area (Å²) in [5.41, 5.74) is 0.595. The maximum Gasteiger partial charge on any atom is 0.143 e. The van der Waals surface area contributed by atoms with Crippen molar-refractivity contribution in [3.05, 3.63) is 34.2 Å². The van der Waals surface area contributed by atoms with Crippen LogP contribution < -0.4 is 0 Å². The molecule has 0 aliphatic rings. The average Bonchev–Trinajstić information content (AvgIpc) is 2.53. The Morgan fingerprint density at radius 1 is 1.54 bits per heavy atom. The molecule has 1 aromatic carbocycles. The minimum atomic E-state index is -0.461. The predicted octanol–water partition coefficient (Wildman–Crippen LogP) is 2.83. The molecular formula is C9H6BrFO2. The van der Waals surface area contributed by atoms with Gasteiger partial charge in [0.05, 0.1) is 18.4 Å². The summed E-state index contributed by atoms with van der Waals surface area (Å²) in [4.78, 5) is 0. The minimum Gasteiger partial charge on any atom is -0.464 e. The van der Waals surface area contributed by atoms with E-state index in [2.05, 4.69) is 15.9 Å². The number of halogens is 2. The fraction of sp³-hybridized carbons (Fsp3) is 0.111. The monoisotopic (exact) mass is 244 g/mol. The Labute approximate surface area is 82.1 Å². The Bertz CT molecular complexity index is 450. The lowest BCUT2D eigenvalue weighted by Crippen LogP contribution is -1.90. The van der Waals surface area contributed by atoms with Gasteiger partial charge >= 0.3 is 0 Å². The predicted molar refractivity (Wildman–Crippen MR) is 49.8 cm³/mol. The molecular weight excluding hydrogens is 239 g/mol. The van der Waals surface area contributed by atoms with Gasteiger partial charge in [-0.2, -0.15) is 0 Å². The van der Waals surface area contributed by atoms with Crippen LogP contribution in [0.5, 0.6) is 0 Å². The molecule has 4 heteroatoms. The lowest BCUT2D eigenvalue weighted by molar-refractivity contribution is 0.275. The van der Waals surface area contributed by atoms with Crippen molar-refractivity contribution in [3.63, 3.8) is 0 Å². The molecule has 0 unspecified atom stereocenters. The van der Waals surface area contributed by atoms with Gasteiger partial charge in [0.25, 0.3) is 0 Å². The van der Waals surface area contributed by atoms with E-state index in [0.29, 0.717) is 10.1 Å². The van der Waals surface area contributed by atoms with E-state index >= 15 is 0 Å². The molecule has 2 nitrogen and oxygen atoms in total. The number of fused-ring (bicyclic) bond motifs is 1. The number of benzene rings is 1. The molecule has 0 fully saturated rings. The maximum atomic E-state index is 13.2. The summed E-state index contributed by atoms with van der Waals surface area (Å²) in [5, 5.41) is 9.68. The molecule has 2 aromatic rings. The van der Waals surface area contributed by atoms with Gasteiger partial charge < -0.3 is 9.52 Å². The normalized spacial score (nSPS) is 11.0. The van der Waals surface area contributed by atoms with Crippen LogP contribution in [0.15, 0.2) is 27.3 Å². The van der Waals surface area contributed by atoms with Crippen LogP contribution in [0.3, 0.4) is 0 Å². The topological polar surface area (TPSA) is 33.4 Å². The van der Waals surface area contributed by atoms with E-state index in [-0.39, 0.29) is 12.2 Å². The molecule has 1 aromatic heterocycles. The summed E-state index contributed by atoms with van der Waals surface area (Å²) in [7, 11) is 0. The van der Waals surface area contributed by atoms with Gasteiger partial charge in [0.15, 0.2) is 0 Å². The first-order chi connectivity index (χ1) is 6.24. The molecule has 0 aliphatic heterocycles. The molecule has 0 atom stereocenters. The van der Waals surface area contributed by atoms with Gasteiger partial charge in [0, 0.05) is 9.86 Å². The number of rotatable bonds is 1. The van der Waals surface area contributed by atoms with E-state index in [1.54, 1.807) is 6.07 Å². The third-order valence-electron chi connectivity index (χ3n) is 1.90. The number of aliphatic hydroxyl groups excluding tert-OH is 1. The zero-order chi connectivity index (χ0) is 9.42. The Morgan fingerprint density at radius 3 is 3.00 bits per heavy atom. The van der Waals surface area contributed by atoms with Crippen molar-refractivity contribution in [2.45, 2.75) is 6.61 Å². The fourth-order valence-electron chi connectivity index (χ4n) is 1.26. The highest BCUT2D eigenvalue weighted by Gasteiger charge is 2.12. The van der Waals surface area contributed by atoms with Crippen molar-refractivity contribution in [1.82, 2.24) is 0 Å². The van der Waals surface area contributed by atoms with Gasteiger partial charge in [-0.05, 0) is 28.1 Å². The molecule has 1 N–H and O–H groups in total. The Kier molecular flexibility index (Phi) is 2.09. The van der Waals surface area contributed by atoms with Crippen molar-refractivity contribution in [2.75, 3.05) is 0 Å². The largest absolute Gasteiger partial charge is 0.464 e. The number of hydrogen-bond donors (Lipinski definition) is 1. The summed E-state index contributed by atoms with van der Waals surface area (Å²) >= 11 is 3.21. The smallest absolute Gasteiger partial charge is 0.143 e. The second-order valence-corrected chi connectivity index (χ2v) is 3.49. The molecule has 0 amide bonds. The lowest BCUT2D eigenvalue weighted by Gasteiger charge is -2.01. The van der Waals surface area contributed by atoms with E-state index in [9.17, 15) is 4.39 Å². The Balaban J connectivity index is 2.88. The van der Waals surface area contributed by atoms with Crippen LogP contribution >= 0.6 is 15.9 Å². The van der Waals surface area contributed by atoms with Crippen LogP contribution in [-0.4, -0.2) is 5.11 Å². The first kappa shape index (κ1) is 8.72. The van der Waals surface area contributed by atoms with E-state index in [1.165, 1.54) is 12.3 Å². The zero-order valence-corrected chi connectivity index (χ0v) is 8.14. The molecule has 0 bridgehead atoms. The number of hydrogen-bond acceptors (Lipinski definition) is 2. The van der Waals surface area contributed by atoms with Gasteiger partial charge in [0.1, 0.15) is 11.4 Å². The number of furan rings is 1. The summed E-state index contributed by atoms with van der Waals surface area (Å²) in [6.45, 7) is -0.358. The van der Waals surface area contributed by atoms with Crippen molar-refractivity contribution in [2.24, 2.45) is 0 Å². The van der Waals surface area contributed by atoms with Crippen LogP contribution in [0, 0.1) is 5.82 Å². The fourth-order valence-corrected chi connectivity index (χ4v) is 1.78. The van der Waals surface area contributed by atoms with Crippen LogP contribution in [0.2, 0.25) is 0 Å². The molecule has 13 heavy (non-hydrogen) atoms. The van der Waals surface area contributed by atoms with Gasteiger partial charge in [0.2, 0.25) is 0 Å². The molecule has 0 spiro atoms. The maximum absolute atomic E-state index is 13.2. The molecule has 0 saturated carbocycles. The molecule has 68 valence electrons. The average molecular weight is 245 g/mol. The van der Waals surface area contributed by atoms with E-state index in [1.807, 2.05) is 0 Å². The van der Waals surface area contributed by atoms with Gasteiger partial charge in [-0.3, -0.25) is 0 Å². The molecule has 2 rings (SSSR count). The summed E-state index contributed by atoms with van der Waals surface area (Å²) in [6, 6.07) is 3.04. The van der Waals surface area contributed by atoms with Gasteiger partial charge in [-0.1, -0.05) is 0 Å². The van der Waals surface area contributed by atoms with Crippen molar-refractivity contribution in [1.29, 1.82) is 0 Å². The van der Waals surface area contributed by atoms with Crippen molar-refractivity contribution in [3.8, 4) is 0 Å². The molecule has 0 radical (unpaired) electrons. The van der Waals surface area contributed by atoms with Crippen molar-refractivity contribution >= 4 is 26.9 Å². The first-order valence-corrected chi connectivity index (χ1v) is 4.48. The first-order valence-electron chi connectivity index (χ1n) is 3.69. The third kappa shape index (κ3) is 1.26. The summed E-state index contributed by atoms with van der Waals surface area (Å²) in [6.07, 6.45) is 1.47. The SMILES string of the molecule is OCc1c(F)cc(Br)c2ccoc12. The van der Waals surface area contributed by atoms with Crippen LogP contribution in [-0.2, 0) is 6.61 Å². The summed E-state index contributed by atoms with van der Waals surface area (Å²) < 4.78 is 18.9. The highest BCUT2D eigenvalue weighted by atomic mass is 79.9. The number of aliphatic hydroxyl groups is 1. The van der Waals surface area contributed by atoms with E-state index in [4.69, 9.17) is 9.52 Å². The van der Waals surface area contributed by atoms with E-state index in [0.717, 1.165) is 5.39 Å². The Morgan fingerprint density at radius 2 is 2.31 bits per heavy atom. The minimum absolute atomic E-state index is 0.197. The van der Waals surface area contributed by atoms with Crippen LogP contribution in [0.25, 0.3) is 11.0 Å². The second-order valence-electron chi connectivity index (χ2n) is 2.64.